The van der Waals surface area contributed by atoms with Gasteiger partial charge in [-0.2, -0.15) is 0 Å². The number of rotatable bonds is 9. The number of amides is 3. The molecule has 0 aliphatic carbocycles. The summed E-state index contributed by atoms with van der Waals surface area (Å²) in [7, 11) is 0. The van der Waals surface area contributed by atoms with E-state index in [1.807, 2.05) is 10.8 Å². The first kappa shape index (κ1) is 20.7. The maximum Gasteiger partial charge on any atom is 0.253 e. The van der Waals surface area contributed by atoms with Crippen molar-refractivity contribution >= 4 is 40.9 Å². The molecule has 0 radical (unpaired) electrons. The van der Waals surface area contributed by atoms with Crippen LogP contribution in [0.1, 0.15) is 16.8 Å². The molecule has 1 heterocycles. The van der Waals surface area contributed by atoms with Gasteiger partial charge in [-0.3, -0.25) is 14.4 Å². The fraction of sp³-hybridized carbons (Fsp3) is 0.294. The number of imidazole rings is 1. The Morgan fingerprint density at radius 1 is 1.04 bits per heavy atom. The van der Waals surface area contributed by atoms with Crippen LogP contribution in [-0.4, -0.2) is 46.9 Å². The van der Waals surface area contributed by atoms with Crippen molar-refractivity contribution in [2.75, 3.05) is 19.6 Å². The maximum absolute atomic E-state index is 12.0. The van der Waals surface area contributed by atoms with Crippen LogP contribution in [0.3, 0.4) is 0 Å². The highest BCUT2D eigenvalue weighted by Gasteiger charge is 2.12. The van der Waals surface area contributed by atoms with Crippen LogP contribution in [0.2, 0.25) is 10.0 Å². The molecule has 8 nitrogen and oxygen atoms in total. The molecule has 144 valence electrons. The Hall–Kier alpha value is -2.58. The molecular formula is C17H19Cl2N5O3. The highest BCUT2D eigenvalue weighted by Crippen LogP contribution is 2.20. The Labute approximate surface area is 166 Å². The molecule has 1 aromatic heterocycles. The summed E-state index contributed by atoms with van der Waals surface area (Å²) in [5.74, 6) is -1.29. The van der Waals surface area contributed by atoms with Gasteiger partial charge in [-0.25, -0.2) is 4.98 Å². The number of hydrogen-bond donors (Lipinski definition) is 3. The van der Waals surface area contributed by atoms with Gasteiger partial charge in [0.25, 0.3) is 5.91 Å². The van der Waals surface area contributed by atoms with Crippen LogP contribution in [0, 0.1) is 0 Å². The number of halogens is 2. The predicted octanol–water partition coefficient (Wildman–Crippen LogP) is 1.24. The van der Waals surface area contributed by atoms with Crippen LogP contribution in [0.15, 0.2) is 36.9 Å². The third kappa shape index (κ3) is 7.28. The quantitative estimate of drug-likeness (QED) is 0.539. The lowest BCUT2D eigenvalue weighted by atomic mass is 10.2. The summed E-state index contributed by atoms with van der Waals surface area (Å²) in [5, 5.41) is 8.16. The number of nitrogens with zero attached hydrogens (tertiary/aromatic N) is 2. The highest BCUT2D eigenvalue weighted by molar-refractivity contribution is 6.36. The monoisotopic (exact) mass is 411 g/mol. The minimum Gasteiger partial charge on any atom is -0.355 e. The maximum atomic E-state index is 12.0. The Morgan fingerprint density at radius 2 is 1.78 bits per heavy atom. The molecule has 2 rings (SSSR count). The van der Waals surface area contributed by atoms with Gasteiger partial charge >= 0.3 is 0 Å². The molecule has 0 saturated carbocycles. The largest absolute Gasteiger partial charge is 0.355 e. The van der Waals surface area contributed by atoms with Crippen molar-refractivity contribution in [2.45, 2.75) is 13.0 Å². The van der Waals surface area contributed by atoms with Crippen LogP contribution in [-0.2, 0) is 16.1 Å². The first-order chi connectivity index (χ1) is 13.0. The van der Waals surface area contributed by atoms with Gasteiger partial charge in [-0.1, -0.05) is 23.2 Å². The Morgan fingerprint density at radius 3 is 2.48 bits per heavy atom. The van der Waals surface area contributed by atoms with Crippen LogP contribution in [0.25, 0.3) is 0 Å². The van der Waals surface area contributed by atoms with Gasteiger partial charge in [-0.15, -0.1) is 0 Å². The second kappa shape index (κ2) is 10.5. The molecule has 1 aromatic carbocycles. The zero-order valence-corrected chi connectivity index (χ0v) is 15.9. The van der Waals surface area contributed by atoms with Crippen LogP contribution in [0.5, 0.6) is 0 Å². The molecule has 0 saturated heterocycles. The van der Waals surface area contributed by atoms with E-state index in [0.717, 1.165) is 13.0 Å². The van der Waals surface area contributed by atoms with Gasteiger partial charge in [-0.05, 0) is 24.6 Å². The van der Waals surface area contributed by atoms with E-state index >= 15 is 0 Å². The highest BCUT2D eigenvalue weighted by atomic mass is 35.5. The van der Waals surface area contributed by atoms with Gasteiger partial charge in [0, 0.05) is 30.5 Å². The second-order valence-electron chi connectivity index (χ2n) is 5.59. The number of nitrogens with one attached hydrogen (secondary N) is 3. The minimum absolute atomic E-state index is 0.165. The average molecular weight is 412 g/mol. The van der Waals surface area contributed by atoms with Crippen molar-refractivity contribution < 1.29 is 14.4 Å². The van der Waals surface area contributed by atoms with E-state index in [4.69, 9.17) is 23.2 Å². The Balaban J connectivity index is 1.60. The number of carbonyl (C=O) groups is 3. The lowest BCUT2D eigenvalue weighted by Crippen LogP contribution is -2.42. The molecule has 0 aliphatic rings. The lowest BCUT2D eigenvalue weighted by molar-refractivity contribution is -0.125. The number of hydrogen-bond acceptors (Lipinski definition) is 4. The minimum atomic E-state index is -0.504. The summed E-state index contributed by atoms with van der Waals surface area (Å²) in [4.78, 5) is 39.3. The molecule has 3 N–H and O–H groups in total. The molecule has 0 spiro atoms. The molecule has 10 heteroatoms. The third-order valence-electron chi connectivity index (χ3n) is 3.51. The lowest BCUT2D eigenvalue weighted by Gasteiger charge is -2.09. The van der Waals surface area contributed by atoms with Crippen LogP contribution in [0.4, 0.5) is 0 Å². The molecule has 0 fully saturated rings. The number of aromatic nitrogens is 2. The number of benzene rings is 1. The van der Waals surface area contributed by atoms with E-state index in [1.54, 1.807) is 12.5 Å². The fourth-order valence-corrected chi connectivity index (χ4v) is 2.64. The van der Waals surface area contributed by atoms with Crippen molar-refractivity contribution in [2.24, 2.45) is 0 Å². The van der Waals surface area contributed by atoms with Gasteiger partial charge in [0.15, 0.2) is 0 Å². The zero-order chi connectivity index (χ0) is 19.6. The normalized spacial score (nSPS) is 10.3. The molecule has 2 aromatic rings. The van der Waals surface area contributed by atoms with E-state index in [0.29, 0.717) is 11.6 Å². The average Bonchev–Trinajstić information content (AvgIpc) is 3.15. The molecule has 0 aliphatic heterocycles. The molecule has 27 heavy (non-hydrogen) atoms. The van der Waals surface area contributed by atoms with Gasteiger partial charge in [0.1, 0.15) is 0 Å². The van der Waals surface area contributed by atoms with Crippen molar-refractivity contribution in [1.82, 2.24) is 25.5 Å². The SMILES string of the molecule is O=C(CNC(=O)CNC(=O)c1ccc(Cl)cc1Cl)NCCCn1ccnc1. The summed E-state index contributed by atoms with van der Waals surface area (Å²) >= 11 is 11.7. The van der Waals surface area contributed by atoms with Gasteiger partial charge in [0.05, 0.1) is 30.0 Å². The molecule has 0 bridgehead atoms. The van der Waals surface area contributed by atoms with Crippen LogP contribution < -0.4 is 16.0 Å². The molecular weight excluding hydrogens is 393 g/mol. The van der Waals surface area contributed by atoms with Gasteiger partial charge < -0.3 is 20.5 Å². The van der Waals surface area contributed by atoms with E-state index < -0.39 is 11.8 Å². The third-order valence-corrected chi connectivity index (χ3v) is 4.05. The first-order valence-corrected chi connectivity index (χ1v) is 8.93. The van der Waals surface area contributed by atoms with Crippen molar-refractivity contribution in [1.29, 1.82) is 0 Å². The van der Waals surface area contributed by atoms with Crippen molar-refractivity contribution in [3.8, 4) is 0 Å². The van der Waals surface area contributed by atoms with Gasteiger partial charge in [0.2, 0.25) is 11.8 Å². The zero-order valence-electron chi connectivity index (χ0n) is 14.4. The van der Waals surface area contributed by atoms with Crippen molar-refractivity contribution in [3.63, 3.8) is 0 Å². The first-order valence-electron chi connectivity index (χ1n) is 8.18. The molecule has 0 unspecified atom stereocenters. The second-order valence-corrected chi connectivity index (χ2v) is 6.43. The van der Waals surface area contributed by atoms with E-state index in [-0.39, 0.29) is 29.6 Å². The molecule has 0 atom stereocenters. The van der Waals surface area contributed by atoms with E-state index in [1.165, 1.54) is 18.2 Å². The van der Waals surface area contributed by atoms with Crippen molar-refractivity contribution in [3.05, 3.63) is 52.5 Å². The summed E-state index contributed by atoms with van der Waals surface area (Å²) in [6, 6.07) is 4.43. The Kier molecular flexibility index (Phi) is 8.09. The van der Waals surface area contributed by atoms with E-state index in [2.05, 4.69) is 20.9 Å². The summed E-state index contributed by atoms with van der Waals surface area (Å²) in [6.45, 7) is 0.789. The Bertz CT molecular complexity index is 796. The summed E-state index contributed by atoms with van der Waals surface area (Å²) in [5.41, 5.74) is 0.213. The standard InChI is InChI=1S/C17H19Cl2N5O3/c18-12-2-3-13(14(19)8-12)17(27)23-10-16(26)22-9-15(25)21-4-1-6-24-7-5-20-11-24/h2-3,5,7-8,11H,1,4,6,9-10H2,(H,21,25)(H,22,26)(H,23,27). The van der Waals surface area contributed by atoms with E-state index in [9.17, 15) is 14.4 Å². The smallest absolute Gasteiger partial charge is 0.253 e. The van der Waals surface area contributed by atoms with Crippen LogP contribution >= 0.6 is 23.2 Å². The predicted molar refractivity (Wildman–Crippen MR) is 102 cm³/mol. The molecule has 3 amide bonds. The summed E-state index contributed by atoms with van der Waals surface area (Å²) < 4.78 is 1.91. The fourth-order valence-electron chi connectivity index (χ4n) is 2.14. The topological polar surface area (TPSA) is 105 Å². The number of carbonyl (C=O) groups excluding carboxylic acids is 3. The summed E-state index contributed by atoms with van der Waals surface area (Å²) in [6.07, 6.45) is 5.98. The number of aryl methyl sites for hydroxylation is 1.